The topological polar surface area (TPSA) is 137 Å². The van der Waals surface area contributed by atoms with Crippen molar-refractivity contribution in [3.8, 4) is 0 Å². The van der Waals surface area contributed by atoms with Crippen LogP contribution in [0.4, 0.5) is 11.6 Å². The summed E-state index contributed by atoms with van der Waals surface area (Å²) in [6.45, 7) is 9.89. The molecule has 2 amide bonds. The summed E-state index contributed by atoms with van der Waals surface area (Å²) in [6, 6.07) is 12.3. The standard InChI is InChI=1S/C31H36BCl2N5O6S/c1-29(2)30(3,4)45-32(44-29)21-8-6-19(7-9-21)17-31(5)27(41)38(24-15-22(33)14-23(34)16-24)28-36-18-25(39(28)31)46(42,43)37-12-10-20(11-13-37)26(35)40/h6-9,14-16,18,20H,10-13,17H2,1-5H3,(H2,35,40)/t31-/m1/s1. The number of carbonyl (C=O) groups is 2. The number of rotatable bonds is 7. The quantitative estimate of drug-likeness (QED) is 0.371. The molecule has 2 saturated heterocycles. The number of aromatic nitrogens is 2. The average molecular weight is 688 g/mol. The molecule has 6 rings (SSSR count). The largest absolute Gasteiger partial charge is 0.494 e. The van der Waals surface area contributed by atoms with E-state index in [9.17, 15) is 18.0 Å². The number of primary amides is 1. The molecule has 3 aromatic rings. The van der Waals surface area contributed by atoms with E-state index in [0.717, 1.165) is 11.0 Å². The third-order valence-corrected chi connectivity index (χ3v) is 12.0. The van der Waals surface area contributed by atoms with Gasteiger partial charge in [0.15, 0.2) is 5.03 Å². The highest BCUT2D eigenvalue weighted by atomic mass is 35.5. The number of amides is 2. The van der Waals surface area contributed by atoms with Crippen LogP contribution in [-0.2, 0) is 40.9 Å². The van der Waals surface area contributed by atoms with Gasteiger partial charge in [-0.3, -0.25) is 14.2 Å². The SMILES string of the molecule is CC1(C)OB(c2ccc(C[C@]3(C)C(=O)N(c4cc(Cl)cc(Cl)c4)c4ncc(S(=O)(=O)N5CCC(C(N)=O)CC5)n43)cc2)OC1(C)C. The highest BCUT2D eigenvalue weighted by Gasteiger charge is 2.53. The van der Waals surface area contributed by atoms with Crippen LogP contribution >= 0.6 is 23.2 Å². The van der Waals surface area contributed by atoms with Crippen molar-refractivity contribution in [3.63, 3.8) is 0 Å². The van der Waals surface area contributed by atoms with E-state index in [0.29, 0.717) is 28.6 Å². The van der Waals surface area contributed by atoms with Crippen molar-refractivity contribution in [2.24, 2.45) is 11.7 Å². The summed E-state index contributed by atoms with van der Waals surface area (Å²) < 4.78 is 43.5. The van der Waals surface area contributed by atoms with E-state index in [4.69, 9.17) is 38.2 Å². The molecule has 15 heteroatoms. The van der Waals surface area contributed by atoms with Gasteiger partial charge in [0.05, 0.1) is 23.1 Å². The number of anilines is 2. The maximum atomic E-state index is 14.4. The van der Waals surface area contributed by atoms with Crippen LogP contribution in [0, 0.1) is 5.92 Å². The predicted octanol–water partition coefficient (Wildman–Crippen LogP) is 4.01. The van der Waals surface area contributed by atoms with E-state index in [2.05, 4.69) is 4.98 Å². The second-order valence-corrected chi connectivity index (χ2v) is 16.1. The minimum Gasteiger partial charge on any atom is -0.399 e. The molecule has 4 heterocycles. The first-order valence-corrected chi connectivity index (χ1v) is 17.3. The third-order valence-electron chi connectivity index (χ3n) is 9.69. The van der Waals surface area contributed by atoms with Gasteiger partial charge in [-0.25, -0.2) is 18.3 Å². The Labute approximate surface area is 279 Å². The van der Waals surface area contributed by atoms with Gasteiger partial charge in [0.2, 0.25) is 11.9 Å². The number of piperidine rings is 1. The van der Waals surface area contributed by atoms with Crippen LogP contribution in [-0.4, -0.2) is 65.5 Å². The number of halogens is 2. The van der Waals surface area contributed by atoms with Gasteiger partial charge in [-0.05, 0) is 76.7 Å². The van der Waals surface area contributed by atoms with Crippen molar-refractivity contribution >= 4 is 69.3 Å². The summed E-state index contributed by atoms with van der Waals surface area (Å²) in [5.74, 6) is -1.10. The lowest BCUT2D eigenvalue weighted by atomic mass is 9.78. The number of nitrogens with zero attached hydrogens (tertiary/aromatic N) is 4. The Morgan fingerprint density at radius 3 is 2.11 bits per heavy atom. The summed E-state index contributed by atoms with van der Waals surface area (Å²) in [5.41, 5.74) is 5.05. The molecule has 0 saturated carbocycles. The number of carbonyl (C=O) groups excluding carboxylic acids is 2. The van der Waals surface area contributed by atoms with Gasteiger partial charge >= 0.3 is 7.12 Å². The first kappa shape index (κ1) is 33.0. The molecule has 11 nitrogen and oxygen atoms in total. The molecule has 2 N–H and O–H groups in total. The van der Waals surface area contributed by atoms with Crippen LogP contribution in [0.15, 0.2) is 53.7 Å². The van der Waals surface area contributed by atoms with Gasteiger partial charge in [0.25, 0.3) is 15.9 Å². The van der Waals surface area contributed by atoms with Crippen LogP contribution in [0.1, 0.15) is 53.0 Å². The van der Waals surface area contributed by atoms with Crippen LogP contribution in [0.2, 0.25) is 10.0 Å². The zero-order valence-electron chi connectivity index (χ0n) is 26.3. The summed E-state index contributed by atoms with van der Waals surface area (Å²) in [4.78, 5) is 32.0. The van der Waals surface area contributed by atoms with Crippen molar-refractivity contribution in [2.75, 3.05) is 18.0 Å². The molecule has 0 spiro atoms. The fourth-order valence-corrected chi connectivity index (χ4v) is 8.47. The maximum Gasteiger partial charge on any atom is 0.494 e. The van der Waals surface area contributed by atoms with Crippen molar-refractivity contribution < 1.29 is 27.3 Å². The molecule has 3 aliphatic heterocycles. The molecule has 2 fully saturated rings. The molecule has 2 aromatic carbocycles. The highest BCUT2D eigenvalue weighted by molar-refractivity contribution is 7.89. The van der Waals surface area contributed by atoms with Crippen molar-refractivity contribution in [2.45, 2.75) is 75.6 Å². The second kappa shape index (κ2) is 11.3. The lowest BCUT2D eigenvalue weighted by Crippen LogP contribution is -2.45. The van der Waals surface area contributed by atoms with Crippen LogP contribution < -0.4 is 16.1 Å². The van der Waals surface area contributed by atoms with E-state index >= 15 is 0 Å². The molecule has 0 radical (unpaired) electrons. The number of hydrogen-bond acceptors (Lipinski definition) is 7. The molecular weight excluding hydrogens is 652 g/mol. The average Bonchev–Trinajstić information content (AvgIpc) is 3.57. The van der Waals surface area contributed by atoms with Gasteiger partial charge in [-0.2, -0.15) is 4.31 Å². The third kappa shape index (κ3) is 5.44. The zero-order valence-corrected chi connectivity index (χ0v) is 28.6. The molecule has 46 heavy (non-hydrogen) atoms. The maximum absolute atomic E-state index is 14.4. The number of fused-ring (bicyclic) bond motifs is 1. The lowest BCUT2D eigenvalue weighted by molar-refractivity contribution is -0.124. The Morgan fingerprint density at radius 1 is 1.00 bits per heavy atom. The number of nitrogens with two attached hydrogens (primary N) is 1. The first-order valence-electron chi connectivity index (χ1n) is 15.1. The van der Waals surface area contributed by atoms with E-state index in [1.807, 2.05) is 52.0 Å². The zero-order chi connectivity index (χ0) is 33.4. The number of sulfonamides is 1. The molecule has 0 bridgehead atoms. The van der Waals surface area contributed by atoms with Crippen molar-refractivity contribution in [3.05, 3.63) is 64.3 Å². The number of imidazole rings is 1. The Bertz CT molecular complexity index is 1790. The Hall–Kier alpha value is -2.94. The summed E-state index contributed by atoms with van der Waals surface area (Å²) in [7, 11) is -4.68. The minimum atomic E-state index is -4.12. The molecular formula is C31H36BCl2N5O6S. The van der Waals surface area contributed by atoms with E-state index in [-0.39, 0.29) is 30.5 Å². The van der Waals surface area contributed by atoms with Crippen LogP contribution in [0.25, 0.3) is 0 Å². The summed E-state index contributed by atoms with van der Waals surface area (Å²) in [5, 5.41) is 0.497. The Balaban J connectivity index is 1.38. The molecule has 3 aliphatic rings. The van der Waals surface area contributed by atoms with Crippen LogP contribution in [0.5, 0.6) is 0 Å². The van der Waals surface area contributed by atoms with Gasteiger partial charge in [-0.1, -0.05) is 47.5 Å². The molecule has 1 aromatic heterocycles. The summed E-state index contributed by atoms with van der Waals surface area (Å²) in [6.07, 6.45) is 2.05. The van der Waals surface area contributed by atoms with Crippen LogP contribution in [0.3, 0.4) is 0 Å². The minimum absolute atomic E-state index is 0.120. The fourth-order valence-electron chi connectivity index (χ4n) is 6.30. The van der Waals surface area contributed by atoms with E-state index in [1.165, 1.54) is 20.0 Å². The summed E-state index contributed by atoms with van der Waals surface area (Å²) >= 11 is 12.6. The monoisotopic (exact) mass is 687 g/mol. The smallest absolute Gasteiger partial charge is 0.399 e. The first-order chi connectivity index (χ1) is 21.4. The Morgan fingerprint density at radius 2 is 1.57 bits per heavy atom. The van der Waals surface area contributed by atoms with E-state index in [1.54, 1.807) is 25.1 Å². The molecule has 1 atom stereocenters. The number of hydrogen-bond donors (Lipinski definition) is 1. The molecule has 0 aliphatic carbocycles. The lowest BCUT2D eigenvalue weighted by Gasteiger charge is -2.32. The van der Waals surface area contributed by atoms with Gasteiger partial charge < -0.3 is 15.0 Å². The van der Waals surface area contributed by atoms with Gasteiger partial charge in [0, 0.05) is 35.5 Å². The second-order valence-electron chi connectivity index (χ2n) is 13.4. The van der Waals surface area contributed by atoms with Gasteiger partial charge in [-0.15, -0.1) is 0 Å². The fraction of sp³-hybridized carbons (Fsp3) is 0.452. The van der Waals surface area contributed by atoms with E-state index < -0.39 is 51.6 Å². The molecule has 0 unspecified atom stereocenters. The van der Waals surface area contributed by atoms with Gasteiger partial charge in [0.1, 0.15) is 5.54 Å². The highest BCUT2D eigenvalue weighted by Crippen LogP contribution is 2.45. The Kier molecular flexibility index (Phi) is 8.14. The number of benzene rings is 2. The normalized spacial score (nSPS) is 23.2. The predicted molar refractivity (Wildman–Crippen MR) is 176 cm³/mol. The molecule has 244 valence electrons. The van der Waals surface area contributed by atoms with Crippen molar-refractivity contribution in [1.29, 1.82) is 0 Å². The van der Waals surface area contributed by atoms with Crippen molar-refractivity contribution in [1.82, 2.24) is 13.9 Å².